The fraction of sp³-hybridized carbons (Fsp3) is 0.833. The summed E-state index contributed by atoms with van der Waals surface area (Å²) < 4.78 is 0. The molecular formula is C30H61BrN2O. The van der Waals surface area contributed by atoms with Crippen LogP contribution in [0.1, 0.15) is 150 Å². The number of unbranched alkanes of at least 4 members (excludes halogenated alkanes) is 15. The van der Waals surface area contributed by atoms with E-state index in [4.69, 9.17) is 5.73 Å². The standard InChI is InChI=1S/C22H43NO.C8H17N.BrH/c1-2-3-4-5-6-7-8-9-10-11-12-13-14-15-16-17-18-19-20-21-22(23)24;1-5-7-9-8(3,4)6-2;/h9-10H,2-8,11-21H2,1H3,(H2,23,24);6,9H,2,5,7H2,1,3-4H3;1H/b10-9-;;. The van der Waals surface area contributed by atoms with Crippen LogP contribution in [0.25, 0.3) is 0 Å². The summed E-state index contributed by atoms with van der Waals surface area (Å²) in [7, 11) is 0. The third kappa shape index (κ3) is 36.0. The second-order valence-corrected chi connectivity index (χ2v) is 10.1. The minimum absolute atomic E-state index is 0. The molecule has 1 amide bonds. The van der Waals surface area contributed by atoms with Gasteiger partial charge in [-0.3, -0.25) is 4.79 Å². The van der Waals surface area contributed by atoms with Gasteiger partial charge < -0.3 is 11.1 Å². The second-order valence-electron chi connectivity index (χ2n) is 10.1. The molecule has 0 aromatic heterocycles. The Bertz CT molecular complexity index is 449. The van der Waals surface area contributed by atoms with E-state index in [1.807, 2.05) is 6.08 Å². The van der Waals surface area contributed by atoms with E-state index in [1.165, 1.54) is 103 Å². The van der Waals surface area contributed by atoms with Crippen LogP contribution in [0.5, 0.6) is 0 Å². The Morgan fingerprint density at radius 2 is 1.15 bits per heavy atom. The van der Waals surface area contributed by atoms with E-state index in [1.54, 1.807) is 0 Å². The topological polar surface area (TPSA) is 55.1 Å². The molecule has 0 bridgehead atoms. The van der Waals surface area contributed by atoms with Crippen molar-refractivity contribution in [1.29, 1.82) is 0 Å². The number of carbonyl (C=O) groups is 1. The summed E-state index contributed by atoms with van der Waals surface area (Å²) in [6, 6.07) is 0. The fourth-order valence-electron chi connectivity index (χ4n) is 3.60. The number of nitrogens with two attached hydrogens (primary N) is 1. The predicted molar refractivity (Wildman–Crippen MR) is 160 cm³/mol. The largest absolute Gasteiger partial charge is 0.370 e. The van der Waals surface area contributed by atoms with E-state index in [0.717, 1.165) is 19.4 Å². The molecule has 34 heavy (non-hydrogen) atoms. The van der Waals surface area contributed by atoms with Gasteiger partial charge in [-0.25, -0.2) is 0 Å². The summed E-state index contributed by atoms with van der Waals surface area (Å²) in [6.45, 7) is 13.5. The van der Waals surface area contributed by atoms with Gasteiger partial charge in [0.25, 0.3) is 0 Å². The van der Waals surface area contributed by atoms with Crippen LogP contribution in [0.15, 0.2) is 24.8 Å². The van der Waals surface area contributed by atoms with Gasteiger partial charge in [0.15, 0.2) is 0 Å². The first-order valence-corrected chi connectivity index (χ1v) is 14.2. The number of hydrogen-bond acceptors (Lipinski definition) is 2. The number of carbonyl (C=O) groups excluding carboxylic acids is 1. The van der Waals surface area contributed by atoms with E-state index in [0.29, 0.717) is 6.42 Å². The monoisotopic (exact) mass is 544 g/mol. The molecule has 0 saturated heterocycles. The quantitative estimate of drug-likeness (QED) is 0.0992. The first kappa shape index (κ1) is 37.9. The van der Waals surface area contributed by atoms with Crippen LogP contribution in [0, 0.1) is 0 Å². The molecule has 0 fully saturated rings. The average molecular weight is 546 g/mol. The van der Waals surface area contributed by atoms with Crippen LogP contribution in [-0.2, 0) is 4.79 Å². The molecule has 3 N–H and O–H groups in total. The van der Waals surface area contributed by atoms with Gasteiger partial charge in [-0.15, -0.1) is 23.6 Å². The first-order valence-electron chi connectivity index (χ1n) is 14.2. The maximum Gasteiger partial charge on any atom is 0.217 e. The molecule has 0 aliphatic heterocycles. The molecule has 0 aliphatic carbocycles. The van der Waals surface area contributed by atoms with E-state index >= 15 is 0 Å². The first-order chi connectivity index (χ1) is 15.9. The number of halogens is 1. The van der Waals surface area contributed by atoms with Gasteiger partial charge in [-0.2, -0.15) is 0 Å². The number of amides is 1. The van der Waals surface area contributed by atoms with Gasteiger partial charge in [0.05, 0.1) is 0 Å². The van der Waals surface area contributed by atoms with Crippen LogP contribution in [0.2, 0.25) is 0 Å². The lowest BCUT2D eigenvalue weighted by Gasteiger charge is -2.20. The zero-order valence-electron chi connectivity index (χ0n) is 23.5. The molecule has 0 aromatic carbocycles. The van der Waals surface area contributed by atoms with E-state index in [2.05, 4.69) is 51.7 Å². The van der Waals surface area contributed by atoms with Gasteiger partial charge in [0.2, 0.25) is 5.91 Å². The Morgan fingerprint density at radius 3 is 1.53 bits per heavy atom. The highest BCUT2D eigenvalue weighted by molar-refractivity contribution is 8.93. The third-order valence-corrected chi connectivity index (χ3v) is 6.03. The summed E-state index contributed by atoms with van der Waals surface area (Å²) in [5, 5.41) is 3.34. The highest BCUT2D eigenvalue weighted by atomic mass is 79.9. The molecule has 0 unspecified atom stereocenters. The number of primary amides is 1. The molecule has 204 valence electrons. The Balaban J connectivity index is -0.000000812. The predicted octanol–water partition coefficient (Wildman–Crippen LogP) is 9.60. The fourth-order valence-corrected chi connectivity index (χ4v) is 3.60. The lowest BCUT2D eigenvalue weighted by atomic mass is 10.1. The Labute approximate surface area is 225 Å². The van der Waals surface area contributed by atoms with Gasteiger partial charge in [-0.1, -0.05) is 109 Å². The lowest BCUT2D eigenvalue weighted by molar-refractivity contribution is -0.118. The lowest BCUT2D eigenvalue weighted by Crippen LogP contribution is -2.37. The van der Waals surface area contributed by atoms with Gasteiger partial charge in [0, 0.05) is 12.0 Å². The highest BCUT2D eigenvalue weighted by Gasteiger charge is 2.08. The summed E-state index contributed by atoms with van der Waals surface area (Å²) in [6.07, 6.45) is 30.9. The van der Waals surface area contributed by atoms with E-state index < -0.39 is 0 Å². The molecule has 0 aromatic rings. The molecule has 4 heteroatoms. The number of rotatable bonds is 23. The molecular weight excluding hydrogens is 484 g/mol. The highest BCUT2D eigenvalue weighted by Crippen LogP contribution is 2.12. The van der Waals surface area contributed by atoms with Crippen LogP contribution in [-0.4, -0.2) is 18.0 Å². The Hall–Kier alpha value is -0.610. The van der Waals surface area contributed by atoms with E-state index in [9.17, 15) is 4.79 Å². The maximum absolute atomic E-state index is 10.6. The summed E-state index contributed by atoms with van der Waals surface area (Å²) in [4.78, 5) is 10.6. The van der Waals surface area contributed by atoms with Crippen LogP contribution >= 0.6 is 17.0 Å². The van der Waals surface area contributed by atoms with Crippen molar-refractivity contribution >= 4 is 22.9 Å². The molecule has 0 rings (SSSR count). The van der Waals surface area contributed by atoms with Crippen molar-refractivity contribution in [1.82, 2.24) is 5.32 Å². The SMILES string of the molecule is Br.C=CC(C)(C)NCCC.CCCCCCCC/C=C\CCCCCCCCCCCC(N)=O. The zero-order chi connectivity index (χ0) is 25.0. The average Bonchev–Trinajstić information content (AvgIpc) is 2.79. The number of allylic oxidation sites excluding steroid dienone is 2. The molecule has 0 radical (unpaired) electrons. The Kier molecular flexibility index (Phi) is 33.9. The second kappa shape index (κ2) is 30.4. The molecule has 0 spiro atoms. The van der Waals surface area contributed by atoms with Gasteiger partial charge in [-0.05, 0) is 58.9 Å². The normalized spacial score (nSPS) is 11.1. The molecule has 0 heterocycles. The van der Waals surface area contributed by atoms with Crippen LogP contribution < -0.4 is 11.1 Å². The van der Waals surface area contributed by atoms with Crippen LogP contribution in [0.4, 0.5) is 0 Å². The molecule has 0 aliphatic rings. The van der Waals surface area contributed by atoms with Crippen molar-refractivity contribution in [3.63, 3.8) is 0 Å². The van der Waals surface area contributed by atoms with Crippen LogP contribution in [0.3, 0.4) is 0 Å². The summed E-state index contributed by atoms with van der Waals surface area (Å²) in [5.41, 5.74) is 5.23. The van der Waals surface area contributed by atoms with Gasteiger partial charge >= 0.3 is 0 Å². The zero-order valence-corrected chi connectivity index (χ0v) is 25.2. The Morgan fingerprint density at radius 1 is 0.735 bits per heavy atom. The van der Waals surface area contributed by atoms with Crippen molar-refractivity contribution in [3.8, 4) is 0 Å². The third-order valence-electron chi connectivity index (χ3n) is 6.03. The van der Waals surface area contributed by atoms with Gasteiger partial charge in [0.1, 0.15) is 0 Å². The van der Waals surface area contributed by atoms with Crippen molar-refractivity contribution in [3.05, 3.63) is 24.8 Å². The molecule has 0 atom stereocenters. The number of nitrogens with one attached hydrogen (secondary N) is 1. The summed E-state index contributed by atoms with van der Waals surface area (Å²) >= 11 is 0. The van der Waals surface area contributed by atoms with Crippen molar-refractivity contribution in [2.75, 3.05) is 6.54 Å². The van der Waals surface area contributed by atoms with Crippen molar-refractivity contribution in [2.45, 2.75) is 155 Å². The minimum atomic E-state index is -0.156. The van der Waals surface area contributed by atoms with E-state index in [-0.39, 0.29) is 28.4 Å². The van der Waals surface area contributed by atoms with Crippen molar-refractivity contribution in [2.24, 2.45) is 5.73 Å². The maximum atomic E-state index is 10.6. The van der Waals surface area contributed by atoms with Crippen molar-refractivity contribution < 1.29 is 4.79 Å². The number of hydrogen-bond donors (Lipinski definition) is 2. The summed E-state index contributed by atoms with van der Waals surface area (Å²) in [5.74, 6) is -0.156. The minimum Gasteiger partial charge on any atom is -0.370 e. The molecule has 3 nitrogen and oxygen atoms in total. The smallest absolute Gasteiger partial charge is 0.217 e. The molecule has 0 saturated carbocycles.